The summed E-state index contributed by atoms with van der Waals surface area (Å²) >= 11 is 11.1. The molecule has 5 aliphatic rings. The van der Waals surface area contributed by atoms with E-state index in [2.05, 4.69) is 53.7 Å². The number of likely N-dealkylation sites (N-methyl/N-ethyl adjacent to an activating group) is 1. The molecule has 0 radical (unpaired) electrons. The Balaban J connectivity index is 0.000000243. The fraction of sp³-hybridized carbons (Fsp3) is 0.566. The minimum atomic E-state index is -2.84. The molecule has 0 saturated carbocycles. The van der Waals surface area contributed by atoms with Crippen molar-refractivity contribution in [3.63, 3.8) is 0 Å². The molecular weight excluding hydrogens is 1060 g/mol. The van der Waals surface area contributed by atoms with E-state index < -0.39 is 13.1 Å². The monoisotopic (exact) mass is 1130 g/mol. The summed E-state index contributed by atoms with van der Waals surface area (Å²) in [6.07, 6.45) is 7.53. The summed E-state index contributed by atoms with van der Waals surface area (Å²) in [6, 6.07) is 14.4. The second kappa shape index (κ2) is 31.9. The van der Waals surface area contributed by atoms with Crippen molar-refractivity contribution in [2.75, 3.05) is 132 Å². The minimum Gasteiger partial charge on any atom is -0.493 e. The Morgan fingerprint density at radius 2 is 1.40 bits per heavy atom. The van der Waals surface area contributed by atoms with E-state index >= 15 is 0 Å². The maximum atomic E-state index is 12.2. The number of hydrogen-bond acceptors (Lipinski definition) is 17. The number of nitriles is 1. The normalized spacial score (nSPS) is 19.9. The molecule has 21 nitrogen and oxygen atoms in total. The maximum absolute atomic E-state index is 12.2. The number of nitrogens with one attached hydrogen (secondary N) is 3. The topological polar surface area (TPSA) is 241 Å². The maximum Gasteiger partial charge on any atom is 0.343 e. The molecule has 77 heavy (non-hydrogen) atoms. The summed E-state index contributed by atoms with van der Waals surface area (Å²) in [6.45, 7) is 13.2. The van der Waals surface area contributed by atoms with Gasteiger partial charge in [-0.1, -0.05) is 26.0 Å². The number of amides is 4. The van der Waals surface area contributed by atoms with Crippen LogP contribution in [-0.4, -0.2) is 198 Å². The van der Waals surface area contributed by atoms with Crippen LogP contribution in [0.3, 0.4) is 0 Å². The van der Waals surface area contributed by atoms with Gasteiger partial charge in [0, 0.05) is 69.7 Å². The van der Waals surface area contributed by atoms with E-state index in [-0.39, 0.29) is 73.3 Å². The molecule has 4 aliphatic heterocycles. The summed E-state index contributed by atoms with van der Waals surface area (Å²) in [5.74, 6) is 2.42. The van der Waals surface area contributed by atoms with Crippen LogP contribution in [-0.2, 0) is 49.7 Å². The molecule has 4 amide bonds. The molecule has 24 heteroatoms. The van der Waals surface area contributed by atoms with Gasteiger partial charge in [0.2, 0.25) is 29.4 Å². The van der Waals surface area contributed by atoms with Crippen molar-refractivity contribution < 1.29 is 56.8 Å². The molecule has 2 unspecified atom stereocenters. The zero-order chi connectivity index (χ0) is 56.7. The van der Waals surface area contributed by atoms with Gasteiger partial charge < -0.3 is 33.3 Å². The summed E-state index contributed by atoms with van der Waals surface area (Å²) in [5, 5.41) is 17.5. The number of ether oxygens (including phenoxy) is 4. The number of benzene rings is 2. The second-order valence-corrected chi connectivity index (χ2v) is 22.0. The van der Waals surface area contributed by atoms with Crippen molar-refractivity contribution in [1.82, 2.24) is 40.0 Å². The number of imide groups is 2. The van der Waals surface area contributed by atoms with Crippen molar-refractivity contribution >= 4 is 66.1 Å². The number of rotatable bonds is 22. The quantitative estimate of drug-likeness (QED) is 0.0493. The van der Waals surface area contributed by atoms with Crippen LogP contribution in [0.4, 0.5) is 0 Å². The third kappa shape index (κ3) is 19.8. The molecule has 0 spiro atoms. The number of alkyl halides is 2. The first-order valence-electron chi connectivity index (χ1n) is 25.5. The molecule has 424 valence electrons. The number of allylic oxidation sites excluding steroid dienone is 3. The first kappa shape index (κ1) is 64.1. The van der Waals surface area contributed by atoms with Crippen LogP contribution in [0.5, 0.6) is 23.0 Å². The molecule has 4 fully saturated rings. The number of carbonyl (C=O) groups excluding carboxylic acids is 6. The van der Waals surface area contributed by atoms with E-state index in [1.165, 1.54) is 23.8 Å². The molecular formula is C53H76Cl2N9O12P. The van der Waals surface area contributed by atoms with Gasteiger partial charge in [-0.05, 0) is 99.7 Å². The van der Waals surface area contributed by atoms with Crippen molar-refractivity contribution in [3.8, 4) is 29.1 Å². The molecule has 4 saturated heterocycles. The lowest BCUT2D eigenvalue weighted by atomic mass is 9.69. The summed E-state index contributed by atoms with van der Waals surface area (Å²) in [5.41, 5.74) is 2.16. The Kier molecular flexibility index (Phi) is 26.5. The van der Waals surface area contributed by atoms with Gasteiger partial charge in [-0.25, -0.2) is 9.76 Å². The molecule has 2 aromatic rings. The molecule has 3 N–H and O–H groups in total. The van der Waals surface area contributed by atoms with E-state index in [0.717, 1.165) is 75.5 Å². The van der Waals surface area contributed by atoms with E-state index in [4.69, 9.17) is 46.7 Å². The van der Waals surface area contributed by atoms with Crippen molar-refractivity contribution in [3.05, 3.63) is 71.5 Å². The van der Waals surface area contributed by atoms with Gasteiger partial charge in [-0.15, -0.1) is 23.2 Å². The molecule has 7 rings (SSSR count). The molecule has 1 aliphatic carbocycles. The van der Waals surface area contributed by atoms with Crippen LogP contribution in [0.2, 0.25) is 0 Å². The van der Waals surface area contributed by atoms with Gasteiger partial charge in [-0.3, -0.25) is 53.8 Å². The summed E-state index contributed by atoms with van der Waals surface area (Å²) < 4.78 is 40.8. The number of halogens is 2. The van der Waals surface area contributed by atoms with Crippen LogP contribution >= 0.6 is 30.9 Å². The zero-order valence-corrected chi connectivity index (χ0v) is 48.0. The molecule has 2 aromatic carbocycles. The first-order chi connectivity index (χ1) is 36.8. The minimum absolute atomic E-state index is 0.0536. The molecule has 3 atom stereocenters. The Hall–Kier alpha value is -5.40. The van der Waals surface area contributed by atoms with E-state index in [1.807, 2.05) is 42.2 Å². The molecule has 0 bridgehead atoms. The predicted molar refractivity (Wildman–Crippen MR) is 293 cm³/mol. The fourth-order valence-electron chi connectivity index (χ4n) is 8.87. The standard InChI is InChI=1S/C27H38N2O4.C11H16N4O4.C8H7NO2.C7H15Cl2N2O2P/c1-20(2)27(19-28,22-10-12-24(31-5)26(18-22)33-7)14-8-15-29(3)16-13-21-9-11-23(30-4)25(17-21)32-6;1-7(15-5-10(18)13-11(19)6-15)2-14-3-8(16)12-9(17)4-14;10-6-1-2-8(11)7(5-6)9-3-4-9;8-2-4-10-14(12)11(6-3-9)5-1-7-13-14/h9-12,17-18,20H,8,13-16H2,1-7H3;7H,2-6H2,1H3,(H,12,16,17)(H,13,18,19);1-2,5H,3-4H2;1-7H2,(H,10,12)/t;7-;;/m.0../s1. The molecule has 0 aromatic heterocycles. The van der Waals surface area contributed by atoms with Crippen LogP contribution < -0.4 is 34.7 Å². The van der Waals surface area contributed by atoms with Crippen LogP contribution in [0, 0.1) is 17.2 Å². The third-order valence-electron chi connectivity index (χ3n) is 13.2. The second-order valence-electron chi connectivity index (χ2n) is 19.1. The Morgan fingerprint density at radius 1 is 0.805 bits per heavy atom. The Labute approximate surface area is 463 Å². The Bertz CT molecular complexity index is 2470. The number of methoxy groups -OCH3 is 4. The van der Waals surface area contributed by atoms with E-state index in [1.54, 1.807) is 42.9 Å². The summed E-state index contributed by atoms with van der Waals surface area (Å²) in [7, 11) is 5.83. The molecule has 4 heterocycles. The third-order valence-corrected chi connectivity index (χ3v) is 15.9. The van der Waals surface area contributed by atoms with Gasteiger partial charge in [0.25, 0.3) is 0 Å². The van der Waals surface area contributed by atoms with Gasteiger partial charge in [0.1, 0.15) is 0 Å². The van der Waals surface area contributed by atoms with Gasteiger partial charge in [0.15, 0.2) is 28.8 Å². The van der Waals surface area contributed by atoms with Crippen LogP contribution in [0.25, 0.3) is 0 Å². The largest absolute Gasteiger partial charge is 0.493 e. The van der Waals surface area contributed by atoms with Gasteiger partial charge in [-0.2, -0.15) is 5.26 Å². The number of piperazine rings is 2. The van der Waals surface area contributed by atoms with Gasteiger partial charge >= 0.3 is 7.67 Å². The number of nitrogens with zero attached hydrogens (tertiary/aromatic N) is 6. The predicted octanol–water partition coefficient (Wildman–Crippen LogP) is 4.16. The lowest BCUT2D eigenvalue weighted by Gasteiger charge is -2.35. The summed E-state index contributed by atoms with van der Waals surface area (Å²) in [4.78, 5) is 74.6. The van der Waals surface area contributed by atoms with Crippen molar-refractivity contribution in [1.29, 1.82) is 5.26 Å². The van der Waals surface area contributed by atoms with E-state index in [9.17, 15) is 38.6 Å². The van der Waals surface area contributed by atoms with E-state index in [0.29, 0.717) is 55.2 Å². The SMILES string of the molecule is COc1ccc(CCN(C)CCCC(C#N)(c2ccc(OC)c(OC)c2)C(C)C)cc1OC.C[C@@H](CN1CC(=O)NC(=O)C1)N1CC(=O)NC(=O)C1.O=C1C=CC(=O)C(N2CC2)=C1.O=P1(NCCCl)OCCCN1CCCl. The highest BCUT2D eigenvalue weighted by Crippen LogP contribution is 2.49. The fourth-order valence-corrected chi connectivity index (χ4v) is 11.4. The lowest BCUT2D eigenvalue weighted by Crippen LogP contribution is -2.58. The first-order valence-corrected chi connectivity index (χ1v) is 28.2. The smallest absolute Gasteiger partial charge is 0.343 e. The highest BCUT2D eigenvalue weighted by atomic mass is 35.5. The average Bonchev–Trinajstić information content (AvgIpc) is 4.26. The average molecular weight is 1130 g/mol. The van der Waals surface area contributed by atoms with Crippen molar-refractivity contribution in [2.24, 2.45) is 5.92 Å². The highest BCUT2D eigenvalue weighted by molar-refractivity contribution is 7.54. The van der Waals surface area contributed by atoms with Crippen LogP contribution in [0.1, 0.15) is 51.2 Å². The zero-order valence-electron chi connectivity index (χ0n) is 45.6. The van der Waals surface area contributed by atoms with Crippen LogP contribution in [0.15, 0.2) is 60.3 Å². The Morgan fingerprint density at radius 3 is 1.96 bits per heavy atom. The highest BCUT2D eigenvalue weighted by Gasteiger charge is 2.37. The van der Waals surface area contributed by atoms with Crippen molar-refractivity contribution in [2.45, 2.75) is 57.9 Å². The lowest BCUT2D eigenvalue weighted by molar-refractivity contribution is -0.140. The van der Waals surface area contributed by atoms with Gasteiger partial charge in [0.05, 0.1) is 78.4 Å². The number of hydrogen-bond donors (Lipinski definition) is 3. The number of ketones is 2. The number of carbonyl (C=O) groups is 6.